The fourth-order valence-electron chi connectivity index (χ4n) is 2.92. The molecule has 0 aromatic rings. The van der Waals surface area contributed by atoms with Gasteiger partial charge in [0.15, 0.2) is 0 Å². The minimum atomic E-state index is -1.53. The zero-order chi connectivity index (χ0) is 31.4. The molecule has 0 atom stereocenters. The van der Waals surface area contributed by atoms with Crippen LogP contribution < -0.4 is 182 Å². The normalized spacial score (nSPS) is 9.73. The van der Waals surface area contributed by atoms with E-state index in [0.717, 1.165) is 19.6 Å². The largest absolute Gasteiger partial charge is 1.00 e. The molecule has 0 rings (SSSR count). The first-order valence-corrected chi connectivity index (χ1v) is 11.0. The maximum Gasteiger partial charge on any atom is 1.00 e. The first kappa shape index (κ1) is 57.2. The Labute approximate surface area is 380 Å². The average molecular weight is 705 g/mol. The SMILES string of the molecule is O=C(O)CN(CCN(CC(=O)O)CC(=O)O)CC(=O)O.O=C([O-])CN(CCN(CC(=O)[O-])CC(=O)[O-])CC(=O)[O-].[K+].[K+].[Na+].[Na+]. The molecule has 0 unspecified atom stereocenters. The van der Waals surface area contributed by atoms with E-state index in [0.29, 0.717) is 0 Å². The van der Waals surface area contributed by atoms with Crippen molar-refractivity contribution in [2.75, 3.05) is 78.5 Å². The van der Waals surface area contributed by atoms with Crippen LogP contribution in [0.15, 0.2) is 0 Å². The summed E-state index contributed by atoms with van der Waals surface area (Å²) in [4.78, 5) is 87.8. The van der Waals surface area contributed by atoms with Gasteiger partial charge in [0, 0.05) is 52.4 Å². The Kier molecular flexibility index (Phi) is 43.9. The third-order valence-corrected chi connectivity index (χ3v) is 4.31. The Morgan fingerprint density at radius 1 is 0.364 bits per heavy atom. The van der Waals surface area contributed by atoms with Gasteiger partial charge in [0.05, 0.1) is 50.1 Å². The number of hydrogen-bond donors (Lipinski definition) is 4. The molecule has 0 heterocycles. The van der Waals surface area contributed by atoms with Crippen LogP contribution in [0.25, 0.3) is 0 Å². The maximum absolute atomic E-state index is 10.6. The molecule has 0 fully saturated rings. The van der Waals surface area contributed by atoms with Gasteiger partial charge in [-0.15, -0.1) is 0 Å². The van der Waals surface area contributed by atoms with E-state index in [4.69, 9.17) is 20.4 Å². The van der Waals surface area contributed by atoms with Gasteiger partial charge in [-0.05, 0) is 0 Å². The topological polar surface area (TPSA) is 323 Å². The molecule has 20 nitrogen and oxygen atoms in total. The van der Waals surface area contributed by atoms with Crippen molar-refractivity contribution in [2.24, 2.45) is 0 Å². The third-order valence-electron chi connectivity index (χ3n) is 4.31. The van der Waals surface area contributed by atoms with Crippen molar-refractivity contribution in [2.45, 2.75) is 0 Å². The van der Waals surface area contributed by atoms with E-state index in [1.807, 2.05) is 0 Å². The van der Waals surface area contributed by atoms with Gasteiger partial charge in [-0.1, -0.05) is 0 Å². The number of hydrogen-bond acceptors (Lipinski definition) is 16. The molecule has 0 aliphatic heterocycles. The first-order valence-electron chi connectivity index (χ1n) is 11.0. The second kappa shape index (κ2) is 33.8. The van der Waals surface area contributed by atoms with Gasteiger partial charge in [-0.3, -0.25) is 38.8 Å². The van der Waals surface area contributed by atoms with Gasteiger partial charge in [0.25, 0.3) is 0 Å². The minimum Gasteiger partial charge on any atom is -0.549 e. The maximum atomic E-state index is 10.6. The van der Waals surface area contributed by atoms with Crippen LogP contribution in [0.4, 0.5) is 0 Å². The Balaban J connectivity index is -0.000000150. The van der Waals surface area contributed by atoms with Crippen molar-refractivity contribution < 1.29 is 241 Å². The summed E-state index contributed by atoms with van der Waals surface area (Å²) in [6, 6.07) is 0. The number of nitrogens with zero attached hydrogens (tertiary/aromatic N) is 4. The van der Waals surface area contributed by atoms with Crippen molar-refractivity contribution in [3.63, 3.8) is 0 Å². The van der Waals surface area contributed by atoms with E-state index < -0.39 is 100 Å². The standard InChI is InChI=1S/2C10H16N2O8.2K.2Na/c2*13-7(14)3-11(4-8(15)16)1-2-12(5-9(17)18)6-10(19)20;;;;/h2*1-6H2,(H,13,14)(H,15,16)(H,17,18)(H,19,20);;;;/q;;4*+1/p-4. The Bertz CT molecular complexity index is 726. The molecule has 0 saturated carbocycles. The molecule has 0 radical (unpaired) electrons. The van der Waals surface area contributed by atoms with Gasteiger partial charge in [0.1, 0.15) is 0 Å². The van der Waals surface area contributed by atoms with Crippen LogP contribution in [0, 0.1) is 0 Å². The number of carbonyl (C=O) groups is 8. The molecular formula is C20H28K2N4Na2O16. The zero-order valence-corrected chi connectivity index (χ0v) is 35.2. The van der Waals surface area contributed by atoms with Crippen LogP contribution >= 0.6 is 0 Å². The average Bonchev–Trinajstić information content (AvgIpc) is 2.72. The minimum absolute atomic E-state index is 0. The molecule has 0 spiro atoms. The first-order chi connectivity index (χ1) is 18.4. The predicted molar refractivity (Wildman–Crippen MR) is 116 cm³/mol. The molecule has 0 amide bonds. The Morgan fingerprint density at radius 2 is 0.500 bits per heavy atom. The molecule has 0 aromatic carbocycles. The van der Waals surface area contributed by atoms with Crippen molar-refractivity contribution in [3.05, 3.63) is 0 Å². The summed E-state index contributed by atoms with van der Waals surface area (Å²) in [5.41, 5.74) is 0. The number of aliphatic carboxylic acids is 8. The molecule has 0 aliphatic rings. The van der Waals surface area contributed by atoms with Crippen LogP contribution in [0.2, 0.25) is 0 Å². The van der Waals surface area contributed by atoms with E-state index in [1.54, 1.807) is 0 Å². The van der Waals surface area contributed by atoms with Crippen LogP contribution in [-0.2, 0) is 38.4 Å². The molecule has 0 aromatic heterocycles. The smallest absolute Gasteiger partial charge is 0.549 e. The molecular weight excluding hydrogens is 676 g/mol. The van der Waals surface area contributed by atoms with Gasteiger partial charge < -0.3 is 60.0 Å². The summed E-state index contributed by atoms with van der Waals surface area (Å²) in [6.45, 7) is -5.50. The monoisotopic (exact) mass is 704 g/mol. The van der Waals surface area contributed by atoms with Crippen molar-refractivity contribution in [1.29, 1.82) is 0 Å². The van der Waals surface area contributed by atoms with E-state index in [2.05, 4.69) is 0 Å². The summed E-state index contributed by atoms with van der Waals surface area (Å²) in [7, 11) is 0. The zero-order valence-electron chi connectivity index (χ0n) is 25.0. The van der Waals surface area contributed by atoms with Crippen molar-refractivity contribution in [1.82, 2.24) is 19.6 Å². The third kappa shape index (κ3) is 40.9. The summed E-state index contributed by atoms with van der Waals surface area (Å²) >= 11 is 0. The number of carbonyl (C=O) groups excluding carboxylic acids is 4. The van der Waals surface area contributed by atoms with Gasteiger partial charge in [-0.2, -0.15) is 0 Å². The van der Waals surface area contributed by atoms with Crippen molar-refractivity contribution >= 4 is 47.8 Å². The second-order valence-electron chi connectivity index (χ2n) is 7.91. The molecule has 44 heavy (non-hydrogen) atoms. The van der Waals surface area contributed by atoms with Crippen LogP contribution in [0.3, 0.4) is 0 Å². The number of carboxylic acid groups (broad SMARTS) is 8. The predicted octanol–water partition coefficient (Wildman–Crippen LogP) is -21.5. The van der Waals surface area contributed by atoms with Crippen molar-refractivity contribution in [3.8, 4) is 0 Å². The van der Waals surface area contributed by atoms with Gasteiger partial charge in [-0.25, -0.2) is 0 Å². The Hall–Kier alpha value is 0.873. The molecule has 24 heteroatoms. The van der Waals surface area contributed by atoms with E-state index in [1.165, 1.54) is 0 Å². The summed E-state index contributed by atoms with van der Waals surface area (Å²) in [5.74, 6) is -11.0. The number of rotatable bonds is 22. The van der Waals surface area contributed by atoms with Crippen LogP contribution in [0.1, 0.15) is 0 Å². The summed E-state index contributed by atoms with van der Waals surface area (Å²) in [6.07, 6.45) is 0. The molecule has 0 aliphatic carbocycles. The summed E-state index contributed by atoms with van der Waals surface area (Å²) in [5, 5.41) is 76.1. The van der Waals surface area contributed by atoms with Gasteiger partial charge >= 0.3 is 186 Å². The number of carboxylic acids is 8. The quantitative estimate of drug-likeness (QED) is 0.0760. The van der Waals surface area contributed by atoms with E-state index in [-0.39, 0.29) is 188 Å². The van der Waals surface area contributed by atoms with Gasteiger partial charge in [0.2, 0.25) is 0 Å². The Morgan fingerprint density at radius 3 is 0.614 bits per heavy atom. The van der Waals surface area contributed by atoms with E-state index in [9.17, 15) is 58.8 Å². The molecule has 4 N–H and O–H groups in total. The summed E-state index contributed by atoms with van der Waals surface area (Å²) < 4.78 is 0. The molecule has 0 bridgehead atoms. The fraction of sp³-hybridized carbons (Fsp3) is 0.600. The van der Waals surface area contributed by atoms with Crippen LogP contribution in [-0.4, -0.2) is 166 Å². The molecule has 228 valence electrons. The van der Waals surface area contributed by atoms with E-state index >= 15 is 0 Å². The fourth-order valence-corrected chi connectivity index (χ4v) is 2.92. The molecule has 0 saturated heterocycles. The van der Waals surface area contributed by atoms with Crippen LogP contribution in [0.5, 0.6) is 0 Å². The second-order valence-corrected chi connectivity index (χ2v) is 7.91.